The summed E-state index contributed by atoms with van der Waals surface area (Å²) in [6, 6.07) is 4.40. The number of amides is 1. The summed E-state index contributed by atoms with van der Waals surface area (Å²) in [5.74, 6) is 4.73. The van der Waals surface area contributed by atoms with Crippen LogP contribution in [0.2, 0.25) is 0 Å². The molecule has 1 fully saturated rings. The fourth-order valence-electron chi connectivity index (χ4n) is 2.50. The van der Waals surface area contributed by atoms with E-state index < -0.39 is 5.82 Å². The largest absolute Gasteiger partial charge is 0.384 e. The third-order valence-corrected chi connectivity index (χ3v) is 3.56. The lowest BCUT2D eigenvalue weighted by atomic mass is 10.1. The van der Waals surface area contributed by atoms with Crippen molar-refractivity contribution in [3.63, 3.8) is 0 Å². The molecule has 0 bridgehead atoms. The number of hydrogen-bond donors (Lipinski definition) is 2. The minimum Gasteiger partial charge on any atom is -0.384 e. The molecule has 2 rings (SSSR count). The van der Waals surface area contributed by atoms with Gasteiger partial charge < -0.3 is 10.4 Å². The van der Waals surface area contributed by atoms with Crippen molar-refractivity contribution in [1.29, 1.82) is 0 Å². The van der Waals surface area contributed by atoms with Crippen LogP contribution in [0.3, 0.4) is 0 Å². The second-order valence-electron chi connectivity index (χ2n) is 5.24. The molecule has 1 amide bonds. The molecule has 1 aliphatic rings. The molecule has 4 heteroatoms. The number of carbonyl (C=O) groups is 1. The van der Waals surface area contributed by atoms with E-state index in [0.717, 1.165) is 19.3 Å². The topological polar surface area (TPSA) is 49.3 Å². The van der Waals surface area contributed by atoms with E-state index in [1.165, 1.54) is 12.1 Å². The quantitative estimate of drug-likeness (QED) is 0.812. The van der Waals surface area contributed by atoms with Crippen LogP contribution in [-0.2, 0) is 0 Å². The van der Waals surface area contributed by atoms with Gasteiger partial charge in [-0.05, 0) is 43.4 Å². The summed E-state index contributed by atoms with van der Waals surface area (Å²) in [5, 5.41) is 11.5. The molecule has 1 aromatic rings. The minimum absolute atomic E-state index is 0.185. The Bertz CT molecular complexity index is 559. The van der Waals surface area contributed by atoms with Crippen molar-refractivity contribution in [2.75, 3.05) is 6.61 Å². The van der Waals surface area contributed by atoms with Crippen molar-refractivity contribution in [1.82, 2.24) is 5.32 Å². The fourth-order valence-corrected chi connectivity index (χ4v) is 2.50. The van der Waals surface area contributed by atoms with Crippen molar-refractivity contribution < 1.29 is 14.3 Å². The Morgan fingerprint density at radius 2 is 2.30 bits per heavy atom. The average molecular weight is 275 g/mol. The van der Waals surface area contributed by atoms with Gasteiger partial charge >= 0.3 is 0 Å². The molecule has 0 aromatic heterocycles. The van der Waals surface area contributed by atoms with E-state index in [1.54, 1.807) is 6.07 Å². The van der Waals surface area contributed by atoms with E-state index >= 15 is 0 Å². The molecule has 20 heavy (non-hydrogen) atoms. The molecule has 2 unspecified atom stereocenters. The molecular formula is C16H18FNO2. The molecule has 0 spiro atoms. The predicted molar refractivity (Wildman–Crippen MR) is 74.6 cm³/mol. The van der Waals surface area contributed by atoms with Gasteiger partial charge in [0.05, 0.1) is 5.56 Å². The molecule has 0 radical (unpaired) electrons. The molecule has 106 valence electrons. The molecule has 2 atom stereocenters. The average Bonchev–Trinajstić information content (AvgIpc) is 2.82. The van der Waals surface area contributed by atoms with Gasteiger partial charge in [-0.2, -0.15) is 0 Å². The monoisotopic (exact) mass is 275 g/mol. The van der Waals surface area contributed by atoms with Gasteiger partial charge in [0.25, 0.3) is 5.91 Å². The van der Waals surface area contributed by atoms with Crippen LogP contribution in [0.4, 0.5) is 4.39 Å². The number of aliphatic hydroxyl groups is 1. The number of aliphatic hydroxyl groups excluding tert-OH is 1. The van der Waals surface area contributed by atoms with Crippen LogP contribution in [0.5, 0.6) is 0 Å². The molecule has 0 saturated heterocycles. The molecule has 0 heterocycles. The van der Waals surface area contributed by atoms with E-state index in [1.807, 2.05) is 0 Å². The number of rotatable bonds is 2. The van der Waals surface area contributed by atoms with Gasteiger partial charge in [0.2, 0.25) is 0 Å². The molecule has 2 N–H and O–H groups in total. The first-order valence-electron chi connectivity index (χ1n) is 6.80. The van der Waals surface area contributed by atoms with Gasteiger partial charge in [0.1, 0.15) is 12.4 Å². The highest BCUT2D eigenvalue weighted by atomic mass is 19.1. The fraction of sp³-hybridized carbons (Fsp3) is 0.438. The smallest absolute Gasteiger partial charge is 0.251 e. The zero-order valence-electron chi connectivity index (χ0n) is 11.4. The zero-order chi connectivity index (χ0) is 14.5. The highest BCUT2D eigenvalue weighted by Crippen LogP contribution is 2.24. The van der Waals surface area contributed by atoms with Gasteiger partial charge in [-0.3, -0.25) is 4.79 Å². The van der Waals surface area contributed by atoms with Gasteiger partial charge in [-0.1, -0.05) is 18.8 Å². The Morgan fingerprint density at radius 1 is 1.50 bits per heavy atom. The maximum atomic E-state index is 13.7. The Hall–Kier alpha value is -1.86. The molecule has 0 aliphatic heterocycles. The third-order valence-electron chi connectivity index (χ3n) is 3.56. The van der Waals surface area contributed by atoms with Crippen LogP contribution in [0.25, 0.3) is 0 Å². The van der Waals surface area contributed by atoms with Crippen LogP contribution >= 0.6 is 0 Å². The summed E-state index contributed by atoms with van der Waals surface area (Å²) < 4.78 is 13.7. The number of benzene rings is 1. The van der Waals surface area contributed by atoms with Gasteiger partial charge in [-0.15, -0.1) is 0 Å². The molecular weight excluding hydrogens is 257 g/mol. The zero-order valence-corrected chi connectivity index (χ0v) is 11.4. The Kier molecular flexibility index (Phi) is 4.75. The summed E-state index contributed by atoms with van der Waals surface area (Å²) in [5.41, 5.74) is 0.488. The lowest BCUT2D eigenvalue weighted by molar-refractivity contribution is 0.0937. The van der Waals surface area contributed by atoms with Crippen LogP contribution < -0.4 is 5.32 Å². The predicted octanol–water partition coefficient (Wildman–Crippen LogP) is 2.09. The van der Waals surface area contributed by atoms with Crippen LogP contribution in [0.1, 0.15) is 42.1 Å². The van der Waals surface area contributed by atoms with Crippen LogP contribution in [-0.4, -0.2) is 23.7 Å². The highest BCUT2D eigenvalue weighted by molar-refractivity contribution is 5.94. The number of halogens is 1. The van der Waals surface area contributed by atoms with E-state index in [0.29, 0.717) is 11.5 Å². The Balaban J connectivity index is 2.05. The van der Waals surface area contributed by atoms with E-state index in [4.69, 9.17) is 5.11 Å². The highest BCUT2D eigenvalue weighted by Gasteiger charge is 2.23. The summed E-state index contributed by atoms with van der Waals surface area (Å²) in [7, 11) is 0. The molecule has 1 saturated carbocycles. The lowest BCUT2D eigenvalue weighted by Crippen LogP contribution is -2.32. The molecule has 3 nitrogen and oxygen atoms in total. The van der Waals surface area contributed by atoms with Crippen molar-refractivity contribution in [3.05, 3.63) is 35.1 Å². The number of hydrogen-bond acceptors (Lipinski definition) is 2. The number of nitrogens with one attached hydrogen (secondary N) is 1. The number of carbonyl (C=O) groups excluding carboxylic acids is 1. The normalized spacial score (nSPS) is 21.1. The van der Waals surface area contributed by atoms with Crippen molar-refractivity contribution in [2.45, 2.75) is 32.2 Å². The second kappa shape index (κ2) is 6.53. The summed E-state index contributed by atoms with van der Waals surface area (Å²) in [6.45, 7) is 1.85. The summed E-state index contributed by atoms with van der Waals surface area (Å²) in [6.07, 6.45) is 3.08. The summed E-state index contributed by atoms with van der Waals surface area (Å²) >= 11 is 0. The van der Waals surface area contributed by atoms with Crippen LogP contribution in [0, 0.1) is 23.6 Å². The van der Waals surface area contributed by atoms with Gasteiger partial charge in [0.15, 0.2) is 0 Å². The maximum Gasteiger partial charge on any atom is 0.251 e. The standard InChI is InChI=1S/C16H18FNO2/c1-11-4-7-14(9-11)18-16(20)13-6-5-12(3-2-8-19)15(17)10-13/h5-6,10-11,14,19H,4,7-9H2,1H3,(H,18,20). The Morgan fingerprint density at radius 3 is 2.90 bits per heavy atom. The van der Waals surface area contributed by atoms with E-state index in [2.05, 4.69) is 24.1 Å². The van der Waals surface area contributed by atoms with Crippen molar-refractivity contribution in [3.8, 4) is 11.8 Å². The Labute approximate surface area is 118 Å². The van der Waals surface area contributed by atoms with Crippen LogP contribution in [0.15, 0.2) is 18.2 Å². The van der Waals surface area contributed by atoms with Crippen molar-refractivity contribution in [2.24, 2.45) is 5.92 Å². The third kappa shape index (κ3) is 3.58. The van der Waals surface area contributed by atoms with E-state index in [9.17, 15) is 9.18 Å². The summed E-state index contributed by atoms with van der Waals surface area (Å²) in [4.78, 5) is 12.0. The first-order chi connectivity index (χ1) is 9.60. The van der Waals surface area contributed by atoms with Gasteiger partial charge in [0, 0.05) is 11.6 Å². The minimum atomic E-state index is -0.543. The second-order valence-corrected chi connectivity index (χ2v) is 5.24. The molecule has 1 aliphatic carbocycles. The maximum absolute atomic E-state index is 13.7. The SMILES string of the molecule is CC1CCC(NC(=O)c2ccc(C#CCO)c(F)c2)C1. The van der Waals surface area contributed by atoms with E-state index in [-0.39, 0.29) is 24.1 Å². The van der Waals surface area contributed by atoms with Gasteiger partial charge in [-0.25, -0.2) is 4.39 Å². The molecule has 1 aromatic carbocycles. The lowest BCUT2D eigenvalue weighted by Gasteiger charge is -2.12. The first-order valence-corrected chi connectivity index (χ1v) is 6.80. The first kappa shape index (κ1) is 14.5. The van der Waals surface area contributed by atoms with Crippen molar-refractivity contribution >= 4 is 5.91 Å².